The van der Waals surface area contributed by atoms with Crippen molar-refractivity contribution in [3.05, 3.63) is 27.8 Å². The Hall–Kier alpha value is -1.38. The lowest BCUT2D eigenvalue weighted by Gasteiger charge is -2.13. The molecular formula is C15H15ClFN3O2S2. The molecule has 0 N–H and O–H groups in total. The number of nitrogens with zero attached hydrogens (tertiary/aromatic N) is 3. The molecule has 0 bridgehead atoms. The van der Waals surface area contributed by atoms with E-state index in [0.717, 1.165) is 17.8 Å². The van der Waals surface area contributed by atoms with E-state index in [1.54, 1.807) is 11.8 Å². The minimum absolute atomic E-state index is 0.0366. The van der Waals surface area contributed by atoms with Crippen LogP contribution in [0.4, 0.5) is 10.1 Å². The Balaban J connectivity index is 1.99. The molecule has 0 radical (unpaired) electrons. The summed E-state index contributed by atoms with van der Waals surface area (Å²) in [5.74, 6) is -0.473. The van der Waals surface area contributed by atoms with Gasteiger partial charge in [0.1, 0.15) is 18.0 Å². The van der Waals surface area contributed by atoms with E-state index in [0.29, 0.717) is 4.80 Å². The Morgan fingerprint density at radius 2 is 2.29 bits per heavy atom. The lowest BCUT2D eigenvalue weighted by atomic mass is 10.2. The predicted molar refractivity (Wildman–Crippen MR) is 92.8 cm³/mol. The highest BCUT2D eigenvalue weighted by molar-refractivity contribution is 8.00. The lowest BCUT2D eigenvalue weighted by Crippen LogP contribution is -2.21. The first kappa shape index (κ1) is 17.4. The largest absolute Gasteiger partial charge is 0.484 e. The first-order valence-electron chi connectivity index (χ1n) is 7.17. The molecule has 24 heavy (non-hydrogen) atoms. The molecule has 0 spiro atoms. The fourth-order valence-electron chi connectivity index (χ4n) is 2.21. The molecule has 0 amide bonds. The van der Waals surface area contributed by atoms with Gasteiger partial charge in [0.05, 0.1) is 5.02 Å². The van der Waals surface area contributed by atoms with Crippen molar-refractivity contribution in [3.63, 3.8) is 0 Å². The van der Waals surface area contributed by atoms with E-state index in [1.807, 2.05) is 4.57 Å². The summed E-state index contributed by atoms with van der Waals surface area (Å²) in [6.07, 6.45) is 0. The molecule has 1 aromatic carbocycles. The number of thioether (sulfide) groups is 1. The van der Waals surface area contributed by atoms with Crippen LogP contribution in [0.5, 0.6) is 5.75 Å². The summed E-state index contributed by atoms with van der Waals surface area (Å²) in [5, 5.41) is 0.984. The van der Waals surface area contributed by atoms with Crippen LogP contribution in [0, 0.1) is 5.82 Å². The molecule has 3 rings (SSSR count). The molecule has 128 valence electrons. The van der Waals surface area contributed by atoms with Crippen LogP contribution in [0.25, 0.3) is 0 Å². The van der Waals surface area contributed by atoms with Crippen LogP contribution in [0.2, 0.25) is 5.02 Å². The Morgan fingerprint density at radius 1 is 1.54 bits per heavy atom. The topological polar surface area (TPSA) is 56.5 Å². The van der Waals surface area contributed by atoms with Gasteiger partial charge in [-0.2, -0.15) is 4.37 Å². The van der Waals surface area contributed by atoms with Crippen LogP contribution in [-0.2, 0) is 11.3 Å². The molecule has 2 aromatic rings. The number of halogens is 2. The third kappa shape index (κ3) is 3.65. The number of aromatic nitrogens is 2. The molecule has 0 saturated heterocycles. The first-order valence-corrected chi connectivity index (χ1v) is 9.13. The Kier molecular flexibility index (Phi) is 4.72. The monoisotopic (exact) mass is 387 g/mol. The van der Waals surface area contributed by atoms with Crippen molar-refractivity contribution in [1.82, 2.24) is 8.94 Å². The summed E-state index contributed by atoms with van der Waals surface area (Å²) in [7, 11) is 0. The van der Waals surface area contributed by atoms with Gasteiger partial charge in [0.2, 0.25) is 4.80 Å². The standard InChI is InChI=1S/C15H15ClFN3O2S2/c1-8(21)6-22-12-5-11(10(17)4-9(12)16)18-13-20-7-15(2,3)23-14(20)19-24-13/h4-5H,6-7H2,1-3H3. The minimum Gasteiger partial charge on any atom is -0.484 e. The maximum Gasteiger partial charge on any atom is 0.210 e. The van der Waals surface area contributed by atoms with E-state index in [1.165, 1.54) is 24.5 Å². The van der Waals surface area contributed by atoms with Gasteiger partial charge in [0.25, 0.3) is 0 Å². The average Bonchev–Trinajstić information content (AvgIpc) is 2.96. The predicted octanol–water partition coefficient (Wildman–Crippen LogP) is 3.82. The van der Waals surface area contributed by atoms with E-state index in [2.05, 4.69) is 23.2 Å². The molecule has 1 aromatic heterocycles. The van der Waals surface area contributed by atoms with Crippen molar-refractivity contribution in [2.75, 3.05) is 6.61 Å². The Bertz CT molecular complexity index is 876. The van der Waals surface area contributed by atoms with Crippen molar-refractivity contribution < 1.29 is 13.9 Å². The van der Waals surface area contributed by atoms with Gasteiger partial charge in [0.15, 0.2) is 16.8 Å². The molecule has 0 fully saturated rings. The molecule has 2 heterocycles. The maximum absolute atomic E-state index is 14.2. The minimum atomic E-state index is -0.553. The number of carbonyl (C=O) groups is 1. The van der Waals surface area contributed by atoms with Gasteiger partial charge in [-0.3, -0.25) is 9.36 Å². The number of rotatable bonds is 4. The van der Waals surface area contributed by atoms with Crippen LogP contribution in [0.1, 0.15) is 20.8 Å². The van der Waals surface area contributed by atoms with Crippen LogP contribution in [-0.4, -0.2) is 26.1 Å². The molecule has 0 aliphatic carbocycles. The number of ketones is 1. The molecule has 1 aliphatic rings. The summed E-state index contributed by atoms with van der Waals surface area (Å²) in [4.78, 5) is 16.0. The van der Waals surface area contributed by atoms with Gasteiger partial charge in [-0.15, -0.1) is 0 Å². The lowest BCUT2D eigenvalue weighted by molar-refractivity contribution is -0.118. The van der Waals surface area contributed by atoms with Crippen molar-refractivity contribution in [1.29, 1.82) is 0 Å². The molecule has 0 saturated carbocycles. The highest BCUT2D eigenvalue weighted by atomic mass is 35.5. The SMILES string of the molecule is CC(=O)COc1cc(N=c2snc3n2CC(C)(C)S3)c(F)cc1Cl. The smallest absolute Gasteiger partial charge is 0.210 e. The summed E-state index contributed by atoms with van der Waals surface area (Å²) in [6, 6.07) is 2.54. The van der Waals surface area contributed by atoms with Gasteiger partial charge in [-0.05, 0) is 26.8 Å². The zero-order chi connectivity index (χ0) is 17.5. The maximum atomic E-state index is 14.2. The molecule has 5 nitrogen and oxygen atoms in total. The first-order chi connectivity index (χ1) is 11.2. The van der Waals surface area contributed by atoms with Crippen LogP contribution >= 0.6 is 34.9 Å². The van der Waals surface area contributed by atoms with Crippen molar-refractivity contribution in [2.45, 2.75) is 37.2 Å². The second-order valence-corrected chi connectivity index (χ2v) is 8.84. The van der Waals surface area contributed by atoms with Crippen LogP contribution in [0.3, 0.4) is 0 Å². The zero-order valence-electron chi connectivity index (χ0n) is 13.3. The average molecular weight is 388 g/mol. The fourth-order valence-corrected chi connectivity index (χ4v) is 4.33. The van der Waals surface area contributed by atoms with Gasteiger partial charge in [-0.1, -0.05) is 23.4 Å². The van der Waals surface area contributed by atoms with Crippen molar-refractivity contribution in [3.8, 4) is 5.75 Å². The Labute approximate surface area is 151 Å². The third-order valence-corrected chi connectivity index (χ3v) is 5.55. The van der Waals surface area contributed by atoms with E-state index in [-0.39, 0.29) is 33.6 Å². The van der Waals surface area contributed by atoms with Crippen molar-refractivity contribution in [2.24, 2.45) is 4.99 Å². The van der Waals surface area contributed by atoms with Gasteiger partial charge in [-0.25, -0.2) is 9.38 Å². The van der Waals surface area contributed by atoms with Crippen LogP contribution < -0.4 is 9.54 Å². The quantitative estimate of drug-likeness (QED) is 0.800. The molecule has 1 aliphatic heterocycles. The molecule has 9 heteroatoms. The highest BCUT2D eigenvalue weighted by Crippen LogP contribution is 2.39. The second-order valence-electron chi connectivity index (χ2n) is 6.03. The van der Waals surface area contributed by atoms with E-state index >= 15 is 0 Å². The Morgan fingerprint density at radius 3 is 3.00 bits per heavy atom. The van der Waals surface area contributed by atoms with E-state index in [4.69, 9.17) is 16.3 Å². The van der Waals surface area contributed by atoms with Gasteiger partial charge >= 0.3 is 0 Å². The number of Topliss-reactive ketones (excluding diaryl/α,β-unsaturated/α-hetero) is 1. The van der Waals surface area contributed by atoms with Crippen LogP contribution in [0.15, 0.2) is 22.3 Å². The zero-order valence-corrected chi connectivity index (χ0v) is 15.7. The molecule has 0 atom stereocenters. The van der Waals surface area contributed by atoms with E-state index in [9.17, 15) is 9.18 Å². The molecular weight excluding hydrogens is 373 g/mol. The number of carbonyl (C=O) groups excluding carboxylic acids is 1. The number of fused-ring (bicyclic) bond motifs is 1. The summed E-state index contributed by atoms with van der Waals surface area (Å²) in [6.45, 7) is 6.28. The number of hydrogen-bond donors (Lipinski definition) is 0. The van der Waals surface area contributed by atoms with Crippen molar-refractivity contribution >= 4 is 46.4 Å². The molecule has 0 unspecified atom stereocenters. The van der Waals surface area contributed by atoms with Gasteiger partial charge in [0, 0.05) is 28.9 Å². The summed E-state index contributed by atoms with van der Waals surface area (Å²) < 4.78 is 25.9. The number of ether oxygens (including phenoxy) is 1. The third-order valence-electron chi connectivity index (χ3n) is 3.22. The highest BCUT2D eigenvalue weighted by Gasteiger charge is 2.31. The summed E-state index contributed by atoms with van der Waals surface area (Å²) in [5.41, 5.74) is 0.103. The fraction of sp³-hybridized carbons (Fsp3) is 0.400. The number of benzene rings is 1. The second kappa shape index (κ2) is 6.50. The normalized spacial score (nSPS) is 16.3. The number of hydrogen-bond acceptors (Lipinski definition) is 6. The van der Waals surface area contributed by atoms with E-state index < -0.39 is 5.82 Å². The van der Waals surface area contributed by atoms with Gasteiger partial charge < -0.3 is 4.74 Å². The summed E-state index contributed by atoms with van der Waals surface area (Å²) >= 11 is 8.85.